The number of hydrogen-bond donors (Lipinski definition) is 4. The van der Waals surface area contributed by atoms with Crippen molar-refractivity contribution in [2.45, 2.75) is 12.2 Å². The van der Waals surface area contributed by atoms with Gasteiger partial charge in [-0.1, -0.05) is 36.4 Å². The molecule has 0 fully saturated rings. The Kier molecular flexibility index (Phi) is 4.70. The second-order valence-electron chi connectivity index (χ2n) is 4.67. The number of phenols is 1. The van der Waals surface area contributed by atoms with E-state index >= 15 is 0 Å². The molecule has 5 heteroatoms. The van der Waals surface area contributed by atoms with E-state index in [-0.39, 0.29) is 22.7 Å². The van der Waals surface area contributed by atoms with Crippen LogP contribution in [-0.4, -0.2) is 38.9 Å². The quantitative estimate of drug-likeness (QED) is 0.616. The summed E-state index contributed by atoms with van der Waals surface area (Å²) in [4.78, 5) is 12.2. The highest BCUT2D eigenvalue weighted by Crippen LogP contribution is 2.26. The summed E-state index contributed by atoms with van der Waals surface area (Å²) < 4.78 is 0. The van der Waals surface area contributed by atoms with Crippen LogP contribution in [0.5, 0.6) is 5.75 Å². The number of aliphatic hydroxyl groups is 3. The summed E-state index contributed by atoms with van der Waals surface area (Å²) >= 11 is 0. The largest absolute Gasteiger partial charge is 0.507 e. The van der Waals surface area contributed by atoms with Gasteiger partial charge in [-0.2, -0.15) is 0 Å². The lowest BCUT2D eigenvalue weighted by atomic mass is 9.98. The Hall–Kier alpha value is -2.21. The molecule has 2 atom stereocenters. The highest BCUT2D eigenvalue weighted by molar-refractivity contribution is 6.10. The van der Waals surface area contributed by atoms with E-state index < -0.39 is 18.8 Å². The van der Waals surface area contributed by atoms with Gasteiger partial charge < -0.3 is 20.4 Å². The van der Waals surface area contributed by atoms with Gasteiger partial charge in [-0.25, -0.2) is 0 Å². The molecule has 4 N–H and O–H groups in total. The first-order valence-corrected chi connectivity index (χ1v) is 6.44. The molecule has 0 aromatic heterocycles. The van der Waals surface area contributed by atoms with Crippen molar-refractivity contribution in [3.05, 3.63) is 65.2 Å². The molecule has 0 aliphatic rings. The molecule has 2 rings (SSSR count). The molecule has 2 aromatic carbocycles. The zero-order valence-electron chi connectivity index (χ0n) is 11.2. The lowest BCUT2D eigenvalue weighted by Crippen LogP contribution is -2.22. The number of aliphatic hydroxyl groups excluding tert-OH is 3. The summed E-state index contributed by atoms with van der Waals surface area (Å²) in [6.07, 6.45) is -2.68. The number of benzene rings is 2. The predicted octanol–water partition coefficient (Wildman–Crippen LogP) is 1.01. The molecule has 21 heavy (non-hydrogen) atoms. The molecule has 2 unspecified atom stereocenters. The standard InChI is InChI=1S/C16H16O5/c17-9-14(19)16(21)11-6-7-12(13(18)8-11)15(20)10-4-2-1-3-5-10/h1-8,14,16-19,21H,9H2. The minimum absolute atomic E-state index is 0.107. The third kappa shape index (κ3) is 3.28. The van der Waals surface area contributed by atoms with E-state index in [0.717, 1.165) is 0 Å². The van der Waals surface area contributed by atoms with Gasteiger partial charge in [0, 0.05) is 5.56 Å². The molecule has 0 heterocycles. The lowest BCUT2D eigenvalue weighted by molar-refractivity contribution is -0.0153. The van der Waals surface area contributed by atoms with Crippen LogP contribution < -0.4 is 0 Å². The number of aromatic hydroxyl groups is 1. The van der Waals surface area contributed by atoms with Crippen molar-refractivity contribution in [2.24, 2.45) is 0 Å². The van der Waals surface area contributed by atoms with E-state index in [2.05, 4.69) is 0 Å². The topological polar surface area (TPSA) is 98.0 Å². The van der Waals surface area contributed by atoms with E-state index in [4.69, 9.17) is 5.11 Å². The van der Waals surface area contributed by atoms with Crippen LogP contribution in [-0.2, 0) is 0 Å². The van der Waals surface area contributed by atoms with Crippen LogP contribution in [0.2, 0.25) is 0 Å². The third-order valence-corrected chi connectivity index (χ3v) is 3.20. The van der Waals surface area contributed by atoms with Gasteiger partial charge in [-0.15, -0.1) is 0 Å². The molecule has 0 aliphatic heterocycles. The number of rotatable bonds is 5. The first kappa shape index (κ1) is 15.2. The molecular formula is C16H16O5. The minimum atomic E-state index is -1.35. The van der Waals surface area contributed by atoms with Crippen LogP contribution in [0.1, 0.15) is 27.6 Å². The van der Waals surface area contributed by atoms with Crippen molar-refractivity contribution in [1.82, 2.24) is 0 Å². The van der Waals surface area contributed by atoms with E-state index in [1.807, 2.05) is 0 Å². The van der Waals surface area contributed by atoms with Crippen molar-refractivity contribution in [3.63, 3.8) is 0 Å². The van der Waals surface area contributed by atoms with Crippen molar-refractivity contribution < 1.29 is 25.2 Å². The Balaban J connectivity index is 2.30. The molecule has 0 saturated heterocycles. The van der Waals surface area contributed by atoms with Crippen LogP contribution in [0.4, 0.5) is 0 Å². The van der Waals surface area contributed by atoms with Crippen LogP contribution in [0, 0.1) is 0 Å². The predicted molar refractivity (Wildman–Crippen MR) is 76.0 cm³/mol. The molecule has 2 aromatic rings. The van der Waals surface area contributed by atoms with Crippen molar-refractivity contribution in [1.29, 1.82) is 0 Å². The molecule has 5 nitrogen and oxygen atoms in total. The Bertz CT molecular complexity index is 624. The summed E-state index contributed by atoms with van der Waals surface area (Å²) in [5, 5.41) is 37.9. The number of ketones is 1. The number of carbonyl (C=O) groups excluding carboxylic acids is 1. The van der Waals surface area contributed by atoms with Crippen molar-refractivity contribution in [2.75, 3.05) is 6.61 Å². The highest BCUT2D eigenvalue weighted by atomic mass is 16.4. The normalized spacial score (nSPS) is 13.7. The van der Waals surface area contributed by atoms with Crippen molar-refractivity contribution >= 4 is 5.78 Å². The number of carbonyl (C=O) groups is 1. The van der Waals surface area contributed by atoms with Crippen LogP contribution in [0.15, 0.2) is 48.5 Å². The maximum Gasteiger partial charge on any atom is 0.196 e. The van der Waals surface area contributed by atoms with E-state index in [1.165, 1.54) is 18.2 Å². The average Bonchev–Trinajstić information content (AvgIpc) is 2.53. The van der Waals surface area contributed by atoms with Gasteiger partial charge in [-0.3, -0.25) is 4.79 Å². The summed E-state index contributed by atoms with van der Waals surface area (Å²) in [7, 11) is 0. The molecule has 0 amide bonds. The molecule has 110 valence electrons. The first-order valence-electron chi connectivity index (χ1n) is 6.44. The van der Waals surface area contributed by atoms with E-state index in [9.17, 15) is 20.1 Å². The smallest absolute Gasteiger partial charge is 0.196 e. The fraction of sp³-hybridized carbons (Fsp3) is 0.188. The van der Waals surface area contributed by atoms with Gasteiger partial charge in [0.15, 0.2) is 5.78 Å². The number of hydrogen-bond acceptors (Lipinski definition) is 5. The van der Waals surface area contributed by atoms with Gasteiger partial charge in [0.2, 0.25) is 0 Å². The van der Waals surface area contributed by atoms with Gasteiger partial charge in [-0.05, 0) is 17.7 Å². The second kappa shape index (κ2) is 6.49. The maximum absolute atomic E-state index is 12.2. The molecule has 0 radical (unpaired) electrons. The summed E-state index contributed by atoms with van der Waals surface area (Å²) in [5.41, 5.74) is 0.769. The maximum atomic E-state index is 12.2. The highest BCUT2D eigenvalue weighted by Gasteiger charge is 2.20. The molecular weight excluding hydrogens is 272 g/mol. The lowest BCUT2D eigenvalue weighted by Gasteiger charge is -2.16. The fourth-order valence-corrected chi connectivity index (χ4v) is 1.99. The van der Waals surface area contributed by atoms with Crippen LogP contribution in [0.3, 0.4) is 0 Å². The third-order valence-electron chi connectivity index (χ3n) is 3.20. The second-order valence-corrected chi connectivity index (χ2v) is 4.67. The molecule has 0 bridgehead atoms. The summed E-state index contributed by atoms with van der Waals surface area (Å²) in [6, 6.07) is 12.5. The molecule has 0 aliphatic carbocycles. The fourth-order valence-electron chi connectivity index (χ4n) is 1.99. The number of phenolic OH excluding ortho intramolecular Hbond substituents is 1. The summed E-state index contributed by atoms with van der Waals surface area (Å²) in [5.74, 6) is -0.623. The van der Waals surface area contributed by atoms with Gasteiger partial charge in [0.1, 0.15) is 18.0 Å². The van der Waals surface area contributed by atoms with Crippen LogP contribution >= 0.6 is 0 Å². The monoisotopic (exact) mass is 288 g/mol. The zero-order chi connectivity index (χ0) is 15.4. The SMILES string of the molecule is O=C(c1ccccc1)c1ccc(C(O)C(O)CO)cc1O. The Labute approximate surface area is 121 Å². The van der Waals surface area contributed by atoms with Crippen molar-refractivity contribution in [3.8, 4) is 5.75 Å². The Morgan fingerprint density at radius 2 is 1.71 bits per heavy atom. The zero-order valence-corrected chi connectivity index (χ0v) is 11.2. The van der Waals surface area contributed by atoms with E-state index in [1.54, 1.807) is 30.3 Å². The van der Waals surface area contributed by atoms with Gasteiger partial charge >= 0.3 is 0 Å². The van der Waals surface area contributed by atoms with Gasteiger partial charge in [0.25, 0.3) is 0 Å². The van der Waals surface area contributed by atoms with Gasteiger partial charge in [0.05, 0.1) is 12.2 Å². The minimum Gasteiger partial charge on any atom is -0.507 e. The average molecular weight is 288 g/mol. The Morgan fingerprint density at radius 1 is 1.05 bits per heavy atom. The van der Waals surface area contributed by atoms with Crippen LogP contribution in [0.25, 0.3) is 0 Å². The first-order chi connectivity index (χ1) is 10.0. The van der Waals surface area contributed by atoms with E-state index in [0.29, 0.717) is 5.56 Å². The summed E-state index contributed by atoms with van der Waals surface area (Å²) in [6.45, 7) is -0.605. The molecule has 0 spiro atoms. The Morgan fingerprint density at radius 3 is 2.29 bits per heavy atom. The molecule has 0 saturated carbocycles.